The summed E-state index contributed by atoms with van der Waals surface area (Å²) < 4.78 is 5.14. The van der Waals surface area contributed by atoms with Gasteiger partial charge in [0.05, 0.1) is 17.6 Å². The van der Waals surface area contributed by atoms with Gasteiger partial charge >= 0.3 is 5.97 Å². The van der Waals surface area contributed by atoms with Gasteiger partial charge in [0, 0.05) is 9.90 Å². The number of nitrogens with one attached hydrogen (secondary N) is 1. The molecular weight excluding hydrogens is 320 g/mol. The van der Waals surface area contributed by atoms with E-state index >= 15 is 0 Å². The van der Waals surface area contributed by atoms with Crippen LogP contribution in [0.25, 0.3) is 22.7 Å². The third kappa shape index (κ3) is 3.05. The third-order valence-electron chi connectivity index (χ3n) is 3.02. The summed E-state index contributed by atoms with van der Waals surface area (Å²) in [6.07, 6.45) is 1.78. The van der Waals surface area contributed by atoms with E-state index in [0.717, 1.165) is 15.9 Å². The fourth-order valence-electron chi connectivity index (χ4n) is 2.06. The topological polar surface area (TPSA) is 55.0 Å². The van der Waals surface area contributed by atoms with E-state index in [0.29, 0.717) is 23.0 Å². The van der Waals surface area contributed by atoms with Gasteiger partial charge in [-0.3, -0.25) is 0 Å². The maximum Gasteiger partial charge on any atom is 0.341 e. The van der Waals surface area contributed by atoms with E-state index in [9.17, 15) is 4.79 Å². The number of carbonyl (C=O) groups excluding carboxylic acids is 1. The first-order chi connectivity index (χ1) is 10.7. The molecule has 0 unspecified atom stereocenters. The predicted molar refractivity (Wildman–Crippen MR) is 89.9 cm³/mol. The average molecular weight is 333 g/mol. The number of rotatable bonds is 4. The third-order valence-corrected chi connectivity index (χ3v) is 4.08. The number of thiophene rings is 1. The van der Waals surface area contributed by atoms with Crippen molar-refractivity contribution < 1.29 is 9.53 Å². The standard InChI is InChI=1S/C16H13ClN2O2S/c1-2-21-16(20)12(9-11-4-3-7-22-11)15-18-13-6-5-10(17)8-14(13)19-15/h3-9H,2H2,1H3,(H,18,19)/b12-9+. The largest absolute Gasteiger partial charge is 0.462 e. The molecule has 2 aromatic heterocycles. The zero-order valence-electron chi connectivity index (χ0n) is 11.8. The normalized spacial score (nSPS) is 11.8. The van der Waals surface area contributed by atoms with Crippen molar-refractivity contribution in [2.24, 2.45) is 0 Å². The number of ether oxygens (including phenoxy) is 1. The van der Waals surface area contributed by atoms with Crippen molar-refractivity contribution in [3.05, 3.63) is 51.4 Å². The van der Waals surface area contributed by atoms with Gasteiger partial charge in [0.25, 0.3) is 0 Å². The highest BCUT2D eigenvalue weighted by Gasteiger charge is 2.17. The smallest absolute Gasteiger partial charge is 0.341 e. The molecule has 1 aromatic carbocycles. The van der Waals surface area contributed by atoms with E-state index in [2.05, 4.69) is 9.97 Å². The van der Waals surface area contributed by atoms with Crippen LogP contribution in [0.5, 0.6) is 0 Å². The Morgan fingerprint density at radius 3 is 3.05 bits per heavy atom. The van der Waals surface area contributed by atoms with E-state index in [1.807, 2.05) is 23.6 Å². The van der Waals surface area contributed by atoms with Crippen molar-refractivity contribution >= 4 is 51.6 Å². The molecule has 112 valence electrons. The maximum absolute atomic E-state index is 12.2. The maximum atomic E-state index is 12.2. The number of imidazole rings is 1. The molecule has 0 amide bonds. The summed E-state index contributed by atoms with van der Waals surface area (Å²) in [6, 6.07) is 9.22. The number of aromatic nitrogens is 2. The molecule has 3 aromatic rings. The van der Waals surface area contributed by atoms with E-state index in [-0.39, 0.29) is 0 Å². The van der Waals surface area contributed by atoms with Gasteiger partial charge in [0.15, 0.2) is 0 Å². The molecule has 0 bridgehead atoms. The molecule has 3 rings (SSSR count). The number of esters is 1. The highest BCUT2D eigenvalue weighted by molar-refractivity contribution is 7.11. The molecule has 0 atom stereocenters. The average Bonchev–Trinajstić information content (AvgIpc) is 3.13. The minimum atomic E-state index is -0.402. The number of aromatic amines is 1. The number of fused-ring (bicyclic) bond motifs is 1. The molecule has 1 N–H and O–H groups in total. The van der Waals surface area contributed by atoms with Gasteiger partial charge in [-0.2, -0.15) is 0 Å². The van der Waals surface area contributed by atoms with Crippen LogP contribution < -0.4 is 0 Å². The van der Waals surface area contributed by atoms with E-state index in [1.54, 1.807) is 36.5 Å². The molecule has 0 radical (unpaired) electrons. The summed E-state index contributed by atoms with van der Waals surface area (Å²) in [5, 5.41) is 2.56. The lowest BCUT2D eigenvalue weighted by molar-refractivity contribution is -0.136. The van der Waals surface area contributed by atoms with Gasteiger partial charge in [-0.05, 0) is 42.6 Å². The van der Waals surface area contributed by atoms with Gasteiger partial charge < -0.3 is 9.72 Å². The molecular formula is C16H13ClN2O2S. The van der Waals surface area contributed by atoms with Crippen LogP contribution in [0.15, 0.2) is 35.7 Å². The van der Waals surface area contributed by atoms with Gasteiger partial charge in [-0.25, -0.2) is 9.78 Å². The van der Waals surface area contributed by atoms with Gasteiger partial charge in [0.2, 0.25) is 0 Å². The van der Waals surface area contributed by atoms with Crippen LogP contribution in [0.4, 0.5) is 0 Å². The number of halogens is 1. The van der Waals surface area contributed by atoms with Crippen LogP contribution in [0, 0.1) is 0 Å². The Balaban J connectivity index is 2.09. The Morgan fingerprint density at radius 1 is 1.45 bits per heavy atom. The highest BCUT2D eigenvalue weighted by atomic mass is 35.5. The molecule has 0 saturated heterocycles. The fraction of sp³-hybridized carbons (Fsp3) is 0.125. The quantitative estimate of drug-likeness (QED) is 0.569. The summed E-state index contributed by atoms with van der Waals surface area (Å²) in [6.45, 7) is 2.09. The number of benzene rings is 1. The first-order valence-corrected chi connectivity index (χ1v) is 8.01. The lowest BCUT2D eigenvalue weighted by Gasteiger charge is -2.03. The van der Waals surface area contributed by atoms with E-state index < -0.39 is 5.97 Å². The number of nitrogens with zero attached hydrogens (tertiary/aromatic N) is 1. The van der Waals surface area contributed by atoms with Crippen LogP contribution >= 0.6 is 22.9 Å². The second kappa shape index (κ2) is 6.34. The molecule has 0 aliphatic rings. The summed E-state index contributed by atoms with van der Waals surface area (Å²) in [5.41, 5.74) is 1.93. The van der Waals surface area contributed by atoms with Crippen molar-refractivity contribution in [1.82, 2.24) is 9.97 Å². The van der Waals surface area contributed by atoms with Crippen molar-refractivity contribution in [3.63, 3.8) is 0 Å². The van der Waals surface area contributed by atoms with Crippen LogP contribution in [-0.2, 0) is 9.53 Å². The molecule has 0 fully saturated rings. The zero-order chi connectivity index (χ0) is 15.5. The molecule has 0 saturated carbocycles. The van der Waals surface area contributed by atoms with Crippen molar-refractivity contribution in [2.75, 3.05) is 6.61 Å². The minimum Gasteiger partial charge on any atom is -0.462 e. The van der Waals surface area contributed by atoms with Gasteiger partial charge in [-0.1, -0.05) is 17.7 Å². The zero-order valence-corrected chi connectivity index (χ0v) is 13.4. The Bertz CT molecular complexity index is 837. The predicted octanol–water partition coefficient (Wildman–Crippen LogP) is 4.38. The number of hydrogen-bond acceptors (Lipinski definition) is 4. The number of hydrogen-bond donors (Lipinski definition) is 1. The SMILES string of the molecule is CCOC(=O)/C(=C/c1cccs1)c1nc2ccc(Cl)cc2[nH]1. The van der Waals surface area contributed by atoms with Crippen molar-refractivity contribution in [1.29, 1.82) is 0 Å². The van der Waals surface area contributed by atoms with Gasteiger partial charge in [-0.15, -0.1) is 11.3 Å². The molecule has 6 heteroatoms. The van der Waals surface area contributed by atoms with Crippen LogP contribution in [0.1, 0.15) is 17.6 Å². The van der Waals surface area contributed by atoms with Gasteiger partial charge in [0.1, 0.15) is 11.4 Å². The van der Waals surface area contributed by atoms with Crippen LogP contribution in [0.2, 0.25) is 5.02 Å². The number of H-pyrrole nitrogens is 1. The summed E-state index contributed by atoms with van der Waals surface area (Å²) >= 11 is 7.53. The van der Waals surface area contributed by atoms with Crippen molar-refractivity contribution in [3.8, 4) is 0 Å². The minimum absolute atomic E-state index is 0.312. The number of carbonyl (C=O) groups is 1. The van der Waals surface area contributed by atoms with E-state index in [1.165, 1.54) is 0 Å². The first kappa shape index (κ1) is 14.8. The first-order valence-electron chi connectivity index (χ1n) is 6.75. The molecule has 2 heterocycles. The molecule has 0 aliphatic heterocycles. The van der Waals surface area contributed by atoms with Crippen LogP contribution in [-0.4, -0.2) is 22.5 Å². The molecule has 0 aliphatic carbocycles. The Kier molecular flexibility index (Phi) is 4.27. The fourth-order valence-corrected chi connectivity index (χ4v) is 2.89. The second-order valence-electron chi connectivity index (χ2n) is 4.54. The Labute approximate surface area is 136 Å². The monoisotopic (exact) mass is 332 g/mol. The Morgan fingerprint density at radius 2 is 2.32 bits per heavy atom. The van der Waals surface area contributed by atoms with Crippen molar-refractivity contribution in [2.45, 2.75) is 6.92 Å². The summed E-state index contributed by atoms with van der Waals surface area (Å²) in [4.78, 5) is 20.8. The molecule has 22 heavy (non-hydrogen) atoms. The summed E-state index contributed by atoms with van der Waals surface area (Å²) in [5.74, 6) is 0.0742. The molecule has 4 nitrogen and oxygen atoms in total. The van der Waals surface area contributed by atoms with Crippen LogP contribution in [0.3, 0.4) is 0 Å². The molecule has 0 spiro atoms. The lowest BCUT2D eigenvalue weighted by Crippen LogP contribution is -2.07. The lowest BCUT2D eigenvalue weighted by atomic mass is 10.2. The van der Waals surface area contributed by atoms with E-state index in [4.69, 9.17) is 16.3 Å². The second-order valence-corrected chi connectivity index (χ2v) is 5.96. The summed E-state index contributed by atoms with van der Waals surface area (Å²) in [7, 11) is 0. The highest BCUT2D eigenvalue weighted by Crippen LogP contribution is 2.24. The Hall–Kier alpha value is -2.11.